The van der Waals surface area contributed by atoms with Crippen molar-refractivity contribution < 1.29 is 14.3 Å². The molecule has 1 aromatic carbocycles. The topological polar surface area (TPSA) is 62.5 Å². The number of benzene rings is 1. The Balaban J connectivity index is 1.97. The summed E-state index contributed by atoms with van der Waals surface area (Å²) in [6, 6.07) is 9.15. The summed E-state index contributed by atoms with van der Waals surface area (Å²) >= 11 is 0. The lowest BCUT2D eigenvalue weighted by Gasteiger charge is -2.05. The third-order valence-corrected chi connectivity index (χ3v) is 2.62. The number of aliphatic hydroxyl groups is 1. The zero-order valence-corrected chi connectivity index (χ0v) is 10.1. The fraction of sp³-hybridized carbons (Fsp3) is 0.214. The van der Waals surface area contributed by atoms with Gasteiger partial charge in [-0.1, -0.05) is 24.3 Å². The van der Waals surface area contributed by atoms with Crippen LogP contribution in [0, 0.1) is 6.92 Å². The minimum absolute atomic E-state index is 0.00269. The van der Waals surface area contributed by atoms with E-state index in [1.54, 1.807) is 13.0 Å². The molecule has 2 N–H and O–H groups in total. The van der Waals surface area contributed by atoms with Gasteiger partial charge in [-0.05, 0) is 24.1 Å². The Hall–Kier alpha value is -2.07. The maximum Gasteiger partial charge on any atom is 0.254 e. The van der Waals surface area contributed by atoms with Crippen molar-refractivity contribution in [2.75, 3.05) is 0 Å². The van der Waals surface area contributed by atoms with E-state index in [1.165, 1.54) is 6.26 Å². The van der Waals surface area contributed by atoms with E-state index < -0.39 is 0 Å². The molecule has 2 rings (SSSR count). The van der Waals surface area contributed by atoms with Crippen LogP contribution in [-0.2, 0) is 13.2 Å². The highest BCUT2D eigenvalue weighted by Crippen LogP contribution is 2.08. The second kappa shape index (κ2) is 5.51. The molecule has 0 atom stereocenters. The largest absolute Gasteiger partial charge is 0.469 e. The van der Waals surface area contributed by atoms with Crippen molar-refractivity contribution in [1.29, 1.82) is 0 Å². The highest BCUT2D eigenvalue weighted by atomic mass is 16.3. The van der Waals surface area contributed by atoms with Gasteiger partial charge in [-0.3, -0.25) is 4.79 Å². The molecule has 4 heteroatoms. The van der Waals surface area contributed by atoms with Crippen molar-refractivity contribution in [3.8, 4) is 0 Å². The number of amides is 1. The molecule has 0 fully saturated rings. The minimum atomic E-state index is -0.166. The molecule has 94 valence electrons. The molecule has 0 aliphatic carbocycles. The summed E-state index contributed by atoms with van der Waals surface area (Å²) in [6.07, 6.45) is 1.44. The van der Waals surface area contributed by atoms with Crippen LogP contribution < -0.4 is 5.32 Å². The lowest BCUT2D eigenvalue weighted by Crippen LogP contribution is -2.22. The Morgan fingerprint density at radius 2 is 2.11 bits per heavy atom. The number of rotatable bonds is 4. The van der Waals surface area contributed by atoms with E-state index in [9.17, 15) is 4.79 Å². The van der Waals surface area contributed by atoms with Gasteiger partial charge >= 0.3 is 0 Å². The van der Waals surface area contributed by atoms with Gasteiger partial charge in [0.1, 0.15) is 12.0 Å². The highest BCUT2D eigenvalue weighted by Gasteiger charge is 2.07. The van der Waals surface area contributed by atoms with Gasteiger partial charge in [0, 0.05) is 6.54 Å². The SMILES string of the molecule is Cc1cc(C(=O)NCc2cccc(CO)c2)co1. The summed E-state index contributed by atoms with van der Waals surface area (Å²) in [5.41, 5.74) is 2.31. The Labute approximate surface area is 105 Å². The molecule has 0 spiro atoms. The molecule has 2 aromatic rings. The van der Waals surface area contributed by atoms with Crippen LogP contribution in [0.1, 0.15) is 27.2 Å². The number of carbonyl (C=O) groups excluding carboxylic acids is 1. The van der Waals surface area contributed by atoms with Crippen LogP contribution >= 0.6 is 0 Å². The molecule has 1 heterocycles. The van der Waals surface area contributed by atoms with Crippen LogP contribution in [-0.4, -0.2) is 11.0 Å². The average molecular weight is 245 g/mol. The van der Waals surface area contributed by atoms with Crippen LogP contribution in [0.15, 0.2) is 41.0 Å². The van der Waals surface area contributed by atoms with Crippen LogP contribution in [0.3, 0.4) is 0 Å². The summed E-state index contributed by atoms with van der Waals surface area (Å²) in [5, 5.41) is 11.8. The van der Waals surface area contributed by atoms with Crippen molar-refractivity contribution in [3.05, 3.63) is 59.0 Å². The molecule has 0 unspecified atom stereocenters. The Bertz CT molecular complexity index is 545. The van der Waals surface area contributed by atoms with Crippen molar-refractivity contribution in [3.63, 3.8) is 0 Å². The van der Waals surface area contributed by atoms with Gasteiger partial charge in [0.2, 0.25) is 0 Å². The van der Waals surface area contributed by atoms with E-state index in [0.717, 1.165) is 11.1 Å². The number of aryl methyl sites for hydroxylation is 1. The van der Waals surface area contributed by atoms with Crippen molar-refractivity contribution >= 4 is 5.91 Å². The molecule has 0 aliphatic rings. The first-order valence-electron chi connectivity index (χ1n) is 5.71. The third-order valence-electron chi connectivity index (χ3n) is 2.62. The summed E-state index contributed by atoms with van der Waals surface area (Å²) in [5.74, 6) is 0.545. The fourth-order valence-corrected chi connectivity index (χ4v) is 1.68. The summed E-state index contributed by atoms with van der Waals surface area (Å²) in [4.78, 5) is 11.8. The van der Waals surface area contributed by atoms with Gasteiger partial charge in [0.05, 0.1) is 12.2 Å². The minimum Gasteiger partial charge on any atom is -0.469 e. The van der Waals surface area contributed by atoms with Crippen LogP contribution in [0.4, 0.5) is 0 Å². The van der Waals surface area contributed by atoms with E-state index in [1.807, 2.05) is 24.3 Å². The second-order valence-corrected chi connectivity index (χ2v) is 4.11. The van der Waals surface area contributed by atoms with Gasteiger partial charge in [-0.2, -0.15) is 0 Å². The van der Waals surface area contributed by atoms with Crippen molar-refractivity contribution in [2.24, 2.45) is 0 Å². The van der Waals surface area contributed by atoms with Crippen molar-refractivity contribution in [1.82, 2.24) is 5.32 Å². The van der Waals surface area contributed by atoms with E-state index in [4.69, 9.17) is 9.52 Å². The Morgan fingerprint density at radius 3 is 2.78 bits per heavy atom. The summed E-state index contributed by atoms with van der Waals surface area (Å²) in [7, 11) is 0. The first-order valence-corrected chi connectivity index (χ1v) is 5.71. The van der Waals surface area contributed by atoms with Crippen molar-refractivity contribution in [2.45, 2.75) is 20.1 Å². The van der Waals surface area contributed by atoms with Gasteiger partial charge in [-0.15, -0.1) is 0 Å². The molecular formula is C14H15NO3. The highest BCUT2D eigenvalue weighted by molar-refractivity contribution is 5.93. The lowest BCUT2D eigenvalue weighted by molar-refractivity contribution is 0.0950. The number of furan rings is 1. The smallest absolute Gasteiger partial charge is 0.254 e. The maximum atomic E-state index is 11.8. The van der Waals surface area contributed by atoms with E-state index in [0.29, 0.717) is 17.9 Å². The lowest BCUT2D eigenvalue weighted by atomic mass is 10.1. The number of aliphatic hydroxyl groups excluding tert-OH is 1. The van der Waals surface area contributed by atoms with Gasteiger partial charge in [0.25, 0.3) is 5.91 Å². The van der Waals surface area contributed by atoms with Gasteiger partial charge in [-0.25, -0.2) is 0 Å². The molecule has 0 saturated heterocycles. The zero-order chi connectivity index (χ0) is 13.0. The monoisotopic (exact) mass is 245 g/mol. The van der Waals surface area contributed by atoms with Gasteiger partial charge < -0.3 is 14.8 Å². The zero-order valence-electron chi connectivity index (χ0n) is 10.1. The molecule has 0 radical (unpaired) electrons. The Kier molecular flexibility index (Phi) is 3.79. The number of nitrogens with one attached hydrogen (secondary N) is 1. The fourth-order valence-electron chi connectivity index (χ4n) is 1.68. The molecular weight excluding hydrogens is 230 g/mol. The number of hydrogen-bond donors (Lipinski definition) is 2. The van der Waals surface area contributed by atoms with E-state index >= 15 is 0 Å². The molecule has 1 amide bonds. The first kappa shape index (κ1) is 12.4. The molecule has 4 nitrogen and oxygen atoms in total. The normalized spacial score (nSPS) is 10.3. The second-order valence-electron chi connectivity index (χ2n) is 4.11. The average Bonchev–Trinajstić information content (AvgIpc) is 2.83. The molecule has 0 bridgehead atoms. The standard InChI is InChI=1S/C14H15NO3/c1-10-5-13(9-18-10)14(17)15-7-11-3-2-4-12(6-11)8-16/h2-6,9,16H,7-8H2,1H3,(H,15,17). The van der Waals surface area contributed by atoms with Gasteiger partial charge in [0.15, 0.2) is 0 Å². The quantitative estimate of drug-likeness (QED) is 0.866. The predicted octanol–water partition coefficient (Wildman–Crippen LogP) is 2.01. The molecule has 0 aliphatic heterocycles. The number of carbonyl (C=O) groups is 1. The van der Waals surface area contributed by atoms with E-state index in [-0.39, 0.29) is 12.5 Å². The summed E-state index contributed by atoms with van der Waals surface area (Å²) in [6.45, 7) is 2.22. The third kappa shape index (κ3) is 2.99. The van der Waals surface area contributed by atoms with E-state index in [2.05, 4.69) is 5.32 Å². The first-order chi connectivity index (χ1) is 8.69. The predicted molar refractivity (Wildman–Crippen MR) is 67.0 cm³/mol. The Morgan fingerprint density at radius 1 is 1.33 bits per heavy atom. The molecule has 18 heavy (non-hydrogen) atoms. The van der Waals surface area contributed by atoms with Crippen LogP contribution in [0.5, 0.6) is 0 Å². The number of hydrogen-bond acceptors (Lipinski definition) is 3. The van der Waals surface area contributed by atoms with Crippen LogP contribution in [0.25, 0.3) is 0 Å². The summed E-state index contributed by atoms with van der Waals surface area (Å²) < 4.78 is 5.08. The van der Waals surface area contributed by atoms with Crippen LogP contribution in [0.2, 0.25) is 0 Å². The molecule has 0 saturated carbocycles. The maximum absolute atomic E-state index is 11.8. The molecule has 1 aromatic heterocycles.